The lowest BCUT2D eigenvalue weighted by Gasteiger charge is -2.29. The summed E-state index contributed by atoms with van der Waals surface area (Å²) in [6, 6.07) is 7.71. The third-order valence-electron chi connectivity index (χ3n) is 5.44. The molecule has 2 aliphatic heterocycles. The molecule has 1 N–H and O–H groups in total. The maximum absolute atomic E-state index is 14.6. The minimum absolute atomic E-state index is 0.0350. The summed E-state index contributed by atoms with van der Waals surface area (Å²) in [5.41, 5.74) is 0.0220. The molecule has 0 spiro atoms. The number of rotatable bonds is 6. The van der Waals surface area contributed by atoms with Gasteiger partial charge in [0.05, 0.1) is 1.37 Å². The highest BCUT2D eigenvalue weighted by molar-refractivity contribution is 6.30. The zero-order valence-corrected chi connectivity index (χ0v) is 17.4. The Labute approximate surface area is 190 Å². The van der Waals surface area contributed by atoms with Crippen LogP contribution in [-0.4, -0.2) is 34.4 Å². The third kappa shape index (κ3) is 4.14. The molecule has 166 valence electrons. The molecule has 0 bridgehead atoms. The van der Waals surface area contributed by atoms with Crippen LogP contribution in [0.15, 0.2) is 42.5 Å². The lowest BCUT2D eigenvalue weighted by Crippen LogP contribution is -2.52. The molecule has 2 aliphatic rings. The Bertz CT molecular complexity index is 1190. The molecule has 2 aromatic carbocycles. The van der Waals surface area contributed by atoms with E-state index in [4.69, 9.17) is 14.3 Å². The predicted molar refractivity (Wildman–Crippen MR) is 111 cm³/mol. The van der Waals surface area contributed by atoms with E-state index in [2.05, 4.69) is 5.32 Å². The molecular weight excluding hydrogens is 442 g/mol. The molecule has 0 saturated carbocycles. The number of aryl methyl sites for hydroxylation is 1. The maximum Gasteiger partial charge on any atom is 0.330 e. The molecule has 3 unspecified atom stereocenters. The lowest BCUT2D eigenvalue weighted by atomic mass is 9.97. The van der Waals surface area contributed by atoms with Crippen molar-refractivity contribution in [3.63, 3.8) is 0 Å². The number of nitrogens with zero attached hydrogens (tertiary/aromatic N) is 1. The number of piperidine rings is 1. The number of ketones is 1. The number of nitrogens with one attached hydrogen (secondary N) is 1. The van der Waals surface area contributed by atoms with Gasteiger partial charge in [-0.05, 0) is 42.1 Å². The van der Waals surface area contributed by atoms with Gasteiger partial charge in [0.1, 0.15) is 6.04 Å². The van der Waals surface area contributed by atoms with Crippen molar-refractivity contribution in [3.8, 4) is 0 Å². The molecule has 9 heteroatoms. The van der Waals surface area contributed by atoms with Crippen LogP contribution < -0.4 is 5.32 Å². The van der Waals surface area contributed by atoms with Gasteiger partial charge in [0.25, 0.3) is 5.91 Å². The van der Waals surface area contributed by atoms with Crippen molar-refractivity contribution in [2.75, 3.05) is 0 Å². The first-order valence-electron chi connectivity index (χ1n) is 11.0. The quantitative estimate of drug-likeness (QED) is 0.667. The van der Waals surface area contributed by atoms with Crippen LogP contribution in [0.3, 0.4) is 0 Å². The number of Topliss-reactive ketones (excluding diaryl/α,β-unsaturated/α-hetero) is 1. The molecule has 0 radical (unpaired) electrons. The highest BCUT2D eigenvalue weighted by Gasteiger charge is 2.41. The number of benzene rings is 2. The van der Waals surface area contributed by atoms with E-state index in [1.54, 1.807) is 0 Å². The summed E-state index contributed by atoms with van der Waals surface area (Å²) in [6.45, 7) is -1.27. The lowest BCUT2D eigenvalue weighted by molar-refractivity contribution is -0.144. The van der Waals surface area contributed by atoms with Gasteiger partial charge in [0.2, 0.25) is 17.6 Å². The van der Waals surface area contributed by atoms with Gasteiger partial charge in [0, 0.05) is 36.9 Å². The number of halogens is 3. The smallest absolute Gasteiger partial charge is 0.322 e. The fourth-order valence-electron chi connectivity index (χ4n) is 3.70. The fourth-order valence-corrected chi connectivity index (χ4v) is 3.82. The van der Waals surface area contributed by atoms with E-state index in [9.17, 15) is 28.0 Å². The third-order valence-corrected chi connectivity index (χ3v) is 5.70. The van der Waals surface area contributed by atoms with Crippen molar-refractivity contribution in [2.24, 2.45) is 0 Å². The van der Waals surface area contributed by atoms with E-state index in [0.717, 1.165) is 17.0 Å². The second kappa shape index (κ2) is 8.43. The van der Waals surface area contributed by atoms with Crippen LogP contribution in [0.1, 0.15) is 49.1 Å². The molecule has 1 saturated heterocycles. The average Bonchev–Trinajstić information content (AvgIpc) is 3.04. The Kier molecular flexibility index (Phi) is 5.15. The van der Waals surface area contributed by atoms with Crippen LogP contribution in [0.2, 0.25) is 5.02 Å². The van der Waals surface area contributed by atoms with Crippen LogP contribution in [0.4, 0.5) is 8.78 Å². The molecule has 3 amide bonds. The highest BCUT2D eigenvalue weighted by Crippen LogP contribution is 2.32. The van der Waals surface area contributed by atoms with E-state index in [1.165, 1.54) is 30.3 Å². The van der Waals surface area contributed by atoms with Crippen molar-refractivity contribution in [2.45, 2.75) is 44.1 Å². The first-order chi connectivity index (χ1) is 16.0. The van der Waals surface area contributed by atoms with Gasteiger partial charge >= 0.3 is 5.92 Å². The predicted octanol–water partition coefficient (Wildman–Crippen LogP) is 3.39. The van der Waals surface area contributed by atoms with Gasteiger partial charge in [0.15, 0.2) is 0 Å². The average molecular weight is 463 g/mol. The second-order valence-corrected chi connectivity index (χ2v) is 8.00. The SMILES string of the molecule is [2H]C(CC(=O)C(F)(F)c1ccc(Cl)cc1)c1ccc2c(c1)C([2H])N(C1CCC(=O)NC1=O)C2=O. The number of hydrogen-bond donors (Lipinski definition) is 1. The number of carbonyl (C=O) groups is 4. The first kappa shape index (κ1) is 19.5. The Morgan fingerprint density at radius 3 is 2.62 bits per heavy atom. The van der Waals surface area contributed by atoms with E-state index in [0.29, 0.717) is 0 Å². The summed E-state index contributed by atoms with van der Waals surface area (Å²) >= 11 is 5.71. The van der Waals surface area contributed by atoms with Gasteiger partial charge in [-0.3, -0.25) is 24.5 Å². The molecule has 2 aromatic rings. The molecule has 0 aromatic heterocycles. The van der Waals surface area contributed by atoms with Crippen molar-refractivity contribution in [1.82, 2.24) is 10.2 Å². The number of hydrogen-bond acceptors (Lipinski definition) is 4. The first-order valence-corrected chi connectivity index (χ1v) is 10.2. The topological polar surface area (TPSA) is 83.6 Å². The highest BCUT2D eigenvalue weighted by atomic mass is 35.5. The van der Waals surface area contributed by atoms with Gasteiger partial charge < -0.3 is 4.90 Å². The molecule has 2 heterocycles. The van der Waals surface area contributed by atoms with Crippen molar-refractivity contribution < 1.29 is 30.7 Å². The summed E-state index contributed by atoms with van der Waals surface area (Å²) in [7, 11) is 0. The molecule has 32 heavy (non-hydrogen) atoms. The van der Waals surface area contributed by atoms with E-state index >= 15 is 0 Å². The van der Waals surface area contributed by atoms with E-state index < -0.39 is 60.4 Å². The molecular formula is C23H19ClF2N2O4. The second-order valence-electron chi connectivity index (χ2n) is 7.57. The zero-order chi connectivity index (χ0) is 24.8. The largest absolute Gasteiger partial charge is 0.330 e. The van der Waals surface area contributed by atoms with Crippen molar-refractivity contribution in [3.05, 3.63) is 69.7 Å². The zero-order valence-electron chi connectivity index (χ0n) is 18.6. The van der Waals surface area contributed by atoms with Crippen LogP contribution in [0.25, 0.3) is 0 Å². The monoisotopic (exact) mass is 462 g/mol. The number of fused-ring (bicyclic) bond motifs is 1. The molecule has 4 rings (SSSR count). The number of amides is 3. The summed E-state index contributed by atoms with van der Waals surface area (Å²) < 4.78 is 45.9. The van der Waals surface area contributed by atoms with E-state index in [1.807, 2.05) is 0 Å². The Morgan fingerprint density at radius 1 is 1.22 bits per heavy atom. The Morgan fingerprint density at radius 2 is 1.94 bits per heavy atom. The minimum atomic E-state index is -3.81. The standard InChI is InChI=1S/C23H19ClF2N2O4/c24-16-5-3-15(4-6-16)23(25,26)19(29)9-2-13-1-7-17-14(11-13)12-28(22(17)32)18-8-10-20(30)27-21(18)31/h1,3-7,11,18H,2,8-10,12H2,(H,27,30,31)/i2D,12D. The van der Waals surface area contributed by atoms with Crippen LogP contribution in [0, 0.1) is 0 Å². The van der Waals surface area contributed by atoms with Gasteiger partial charge in [-0.1, -0.05) is 35.9 Å². The van der Waals surface area contributed by atoms with Gasteiger partial charge in [-0.25, -0.2) is 0 Å². The van der Waals surface area contributed by atoms with Crippen molar-refractivity contribution in [1.29, 1.82) is 0 Å². The molecule has 0 aliphatic carbocycles. The normalized spacial score (nSPS) is 22.7. The number of imide groups is 1. The van der Waals surface area contributed by atoms with Gasteiger partial charge in [-0.15, -0.1) is 0 Å². The van der Waals surface area contributed by atoms with Gasteiger partial charge in [-0.2, -0.15) is 8.78 Å². The molecule has 3 atom stereocenters. The summed E-state index contributed by atoms with van der Waals surface area (Å²) in [5, 5.41) is 2.40. The Balaban J connectivity index is 1.52. The van der Waals surface area contributed by atoms with Crippen LogP contribution in [-0.2, 0) is 33.2 Å². The molecule has 1 fully saturated rings. The van der Waals surface area contributed by atoms with Crippen LogP contribution >= 0.6 is 11.6 Å². The van der Waals surface area contributed by atoms with E-state index in [-0.39, 0.29) is 34.6 Å². The molecule has 6 nitrogen and oxygen atoms in total. The summed E-state index contributed by atoms with van der Waals surface area (Å²) in [4.78, 5) is 49.8. The Hall–Kier alpha value is -3.13. The summed E-state index contributed by atoms with van der Waals surface area (Å²) in [5.74, 6) is -6.94. The fraction of sp³-hybridized carbons (Fsp3) is 0.304. The maximum atomic E-state index is 14.6. The minimum Gasteiger partial charge on any atom is -0.322 e. The number of alkyl halides is 2. The summed E-state index contributed by atoms with van der Waals surface area (Å²) in [6.07, 6.45) is -2.03. The number of carbonyl (C=O) groups excluding carboxylic acids is 4. The van der Waals surface area contributed by atoms with Crippen molar-refractivity contribution >= 4 is 35.1 Å². The van der Waals surface area contributed by atoms with Crippen LogP contribution in [0.5, 0.6) is 0 Å².